The predicted molar refractivity (Wildman–Crippen MR) is 62.2 cm³/mol. The molecule has 0 aliphatic heterocycles. The molecule has 0 spiro atoms. The molecule has 1 aromatic rings. The number of amides is 1. The first-order chi connectivity index (χ1) is 8.61. The number of para-hydroxylation sites is 1. The molecule has 94 valence electrons. The summed E-state index contributed by atoms with van der Waals surface area (Å²) in [5.74, 6) is -0.663. The zero-order valence-electron chi connectivity index (χ0n) is 9.67. The Morgan fingerprint density at radius 2 is 2.33 bits per heavy atom. The lowest BCUT2D eigenvalue weighted by Crippen LogP contribution is -2.24. The first-order valence-electron chi connectivity index (χ1n) is 5.17. The third kappa shape index (κ3) is 2.95. The molecule has 0 radical (unpaired) electrons. The highest BCUT2D eigenvalue weighted by Crippen LogP contribution is 2.30. The molecule has 7 nitrogen and oxygen atoms in total. The average molecular weight is 249 g/mol. The summed E-state index contributed by atoms with van der Waals surface area (Å²) < 4.78 is 5.15. The lowest BCUT2D eigenvalue weighted by molar-refractivity contribution is -0.385. The Labute approximate surface area is 103 Å². The van der Waals surface area contributed by atoms with E-state index in [0.29, 0.717) is 0 Å². The van der Waals surface area contributed by atoms with E-state index in [1.165, 1.54) is 18.2 Å². The van der Waals surface area contributed by atoms with Crippen LogP contribution < -0.4 is 10.1 Å². The Morgan fingerprint density at radius 1 is 1.61 bits per heavy atom. The van der Waals surface area contributed by atoms with Crippen LogP contribution in [0.2, 0.25) is 0 Å². The summed E-state index contributed by atoms with van der Waals surface area (Å²) in [4.78, 5) is 21.9. The van der Waals surface area contributed by atoms with E-state index in [1.807, 2.05) is 0 Å². The fourth-order valence-electron chi connectivity index (χ4n) is 1.36. The highest BCUT2D eigenvalue weighted by atomic mass is 16.6. The summed E-state index contributed by atoms with van der Waals surface area (Å²) in [7, 11) is 0. The van der Waals surface area contributed by atoms with Crippen LogP contribution >= 0.6 is 0 Å². The van der Waals surface area contributed by atoms with Gasteiger partial charge in [-0.25, -0.2) is 0 Å². The van der Waals surface area contributed by atoms with E-state index in [9.17, 15) is 14.9 Å². The molecule has 1 aromatic carbocycles. The molecule has 0 aliphatic carbocycles. The van der Waals surface area contributed by atoms with Crippen molar-refractivity contribution in [2.45, 2.75) is 6.92 Å². The van der Waals surface area contributed by atoms with Gasteiger partial charge in [0.15, 0.2) is 0 Å². The lowest BCUT2D eigenvalue weighted by Gasteiger charge is -2.09. The van der Waals surface area contributed by atoms with Crippen molar-refractivity contribution in [3.63, 3.8) is 0 Å². The number of nitrogens with zero attached hydrogens (tertiary/aromatic N) is 2. The van der Waals surface area contributed by atoms with Gasteiger partial charge in [-0.15, -0.1) is 0 Å². The molecular formula is C11H11N3O4. The van der Waals surface area contributed by atoms with Crippen molar-refractivity contribution >= 4 is 11.6 Å². The Kier molecular flexibility index (Phi) is 4.63. The zero-order chi connectivity index (χ0) is 13.5. The molecule has 0 saturated heterocycles. The van der Waals surface area contributed by atoms with Gasteiger partial charge in [0, 0.05) is 6.07 Å². The van der Waals surface area contributed by atoms with E-state index in [2.05, 4.69) is 5.32 Å². The Bertz CT molecular complexity index is 508. The van der Waals surface area contributed by atoms with Crippen molar-refractivity contribution in [2.24, 2.45) is 0 Å². The summed E-state index contributed by atoms with van der Waals surface area (Å²) in [6.45, 7) is 1.68. The van der Waals surface area contributed by atoms with E-state index in [-0.39, 0.29) is 30.2 Å². The number of carbonyl (C=O) groups is 1. The number of carbonyl (C=O) groups excluding carboxylic acids is 1. The molecular weight excluding hydrogens is 238 g/mol. The number of hydrogen-bond donors (Lipinski definition) is 1. The molecule has 0 heterocycles. The third-order valence-electron chi connectivity index (χ3n) is 2.05. The van der Waals surface area contributed by atoms with Crippen LogP contribution in [0.15, 0.2) is 18.2 Å². The maximum absolute atomic E-state index is 11.7. The van der Waals surface area contributed by atoms with Crippen molar-refractivity contribution in [1.82, 2.24) is 5.32 Å². The highest BCUT2D eigenvalue weighted by molar-refractivity contribution is 5.98. The smallest absolute Gasteiger partial charge is 0.311 e. The fourth-order valence-corrected chi connectivity index (χ4v) is 1.36. The van der Waals surface area contributed by atoms with Gasteiger partial charge in [0.2, 0.25) is 5.75 Å². The second kappa shape index (κ2) is 6.20. The molecule has 0 saturated carbocycles. The second-order valence-corrected chi connectivity index (χ2v) is 3.18. The van der Waals surface area contributed by atoms with Crippen LogP contribution in [-0.4, -0.2) is 24.0 Å². The van der Waals surface area contributed by atoms with Gasteiger partial charge in [0.05, 0.1) is 23.2 Å². The number of rotatable bonds is 5. The van der Waals surface area contributed by atoms with E-state index in [1.54, 1.807) is 13.0 Å². The number of nitrogens with one attached hydrogen (secondary N) is 1. The Balaban J connectivity index is 3.18. The van der Waals surface area contributed by atoms with E-state index in [4.69, 9.17) is 10.00 Å². The zero-order valence-corrected chi connectivity index (χ0v) is 9.67. The number of ether oxygens (including phenoxy) is 1. The molecule has 1 amide bonds. The molecule has 1 rings (SSSR count). The maximum Gasteiger partial charge on any atom is 0.311 e. The molecule has 1 N–H and O–H groups in total. The van der Waals surface area contributed by atoms with Crippen LogP contribution in [0.4, 0.5) is 5.69 Å². The largest absolute Gasteiger partial charge is 0.487 e. The monoisotopic (exact) mass is 249 g/mol. The molecule has 0 unspecified atom stereocenters. The first-order valence-corrected chi connectivity index (χ1v) is 5.17. The summed E-state index contributed by atoms with van der Waals surface area (Å²) in [5.41, 5.74) is -0.234. The van der Waals surface area contributed by atoms with Crippen molar-refractivity contribution in [3.05, 3.63) is 33.9 Å². The normalized spacial score (nSPS) is 9.33. The molecule has 0 atom stereocenters. The van der Waals surface area contributed by atoms with Crippen molar-refractivity contribution < 1.29 is 14.5 Å². The van der Waals surface area contributed by atoms with Crippen molar-refractivity contribution in [3.8, 4) is 11.8 Å². The van der Waals surface area contributed by atoms with Gasteiger partial charge in [0.25, 0.3) is 5.91 Å². The van der Waals surface area contributed by atoms with Crippen molar-refractivity contribution in [2.75, 3.05) is 13.2 Å². The molecule has 18 heavy (non-hydrogen) atoms. The summed E-state index contributed by atoms with van der Waals surface area (Å²) in [6.07, 6.45) is 0. The van der Waals surface area contributed by atoms with E-state index in [0.717, 1.165) is 0 Å². The lowest BCUT2D eigenvalue weighted by atomic mass is 10.1. The van der Waals surface area contributed by atoms with Crippen LogP contribution in [0.3, 0.4) is 0 Å². The minimum absolute atomic E-state index is 0.0429. The summed E-state index contributed by atoms with van der Waals surface area (Å²) in [6, 6.07) is 5.80. The quantitative estimate of drug-likeness (QED) is 0.480. The third-order valence-corrected chi connectivity index (χ3v) is 2.05. The molecule has 7 heteroatoms. The number of nitro benzene ring substituents is 1. The topological polar surface area (TPSA) is 105 Å². The summed E-state index contributed by atoms with van der Waals surface area (Å²) >= 11 is 0. The summed E-state index contributed by atoms with van der Waals surface area (Å²) in [5, 5.41) is 21.5. The first kappa shape index (κ1) is 13.4. The minimum Gasteiger partial charge on any atom is -0.487 e. The van der Waals surface area contributed by atoms with Gasteiger partial charge in [-0.05, 0) is 13.0 Å². The van der Waals surface area contributed by atoms with Crippen LogP contribution in [-0.2, 0) is 0 Å². The SMILES string of the molecule is CCOc1c(C(=O)NCC#N)cccc1[N+](=O)[O-]. The second-order valence-electron chi connectivity index (χ2n) is 3.18. The molecule has 0 aliphatic rings. The average Bonchev–Trinajstić information content (AvgIpc) is 2.36. The maximum atomic E-state index is 11.7. The number of nitro groups is 1. The van der Waals surface area contributed by atoms with Gasteiger partial charge >= 0.3 is 5.69 Å². The van der Waals surface area contributed by atoms with Gasteiger partial charge in [-0.3, -0.25) is 14.9 Å². The van der Waals surface area contributed by atoms with Gasteiger partial charge in [0.1, 0.15) is 6.54 Å². The van der Waals surface area contributed by atoms with Gasteiger partial charge in [-0.2, -0.15) is 5.26 Å². The van der Waals surface area contributed by atoms with Gasteiger partial charge in [-0.1, -0.05) is 6.07 Å². The van der Waals surface area contributed by atoms with Gasteiger partial charge < -0.3 is 10.1 Å². The van der Waals surface area contributed by atoms with Crippen LogP contribution in [0.5, 0.6) is 5.75 Å². The Morgan fingerprint density at radius 3 is 2.89 bits per heavy atom. The standard InChI is InChI=1S/C11H11N3O4/c1-2-18-10-8(11(15)13-7-6-12)4-3-5-9(10)14(16)17/h3-5H,2,7H2,1H3,(H,13,15). The van der Waals surface area contributed by atoms with E-state index < -0.39 is 10.8 Å². The number of hydrogen-bond acceptors (Lipinski definition) is 5. The molecule has 0 aromatic heterocycles. The fraction of sp³-hybridized carbons (Fsp3) is 0.273. The predicted octanol–water partition coefficient (Wildman–Crippen LogP) is 1.25. The van der Waals surface area contributed by atoms with E-state index >= 15 is 0 Å². The van der Waals surface area contributed by atoms with Crippen molar-refractivity contribution in [1.29, 1.82) is 5.26 Å². The molecule has 0 fully saturated rings. The molecule has 0 bridgehead atoms. The van der Waals surface area contributed by atoms with Crippen LogP contribution in [0.1, 0.15) is 17.3 Å². The highest BCUT2D eigenvalue weighted by Gasteiger charge is 2.22. The van der Waals surface area contributed by atoms with Crippen LogP contribution in [0, 0.1) is 21.4 Å². The number of nitriles is 1. The number of benzene rings is 1. The Hall–Kier alpha value is -2.62. The minimum atomic E-state index is -0.619. The van der Waals surface area contributed by atoms with Crippen LogP contribution in [0.25, 0.3) is 0 Å².